The Labute approximate surface area is 81.4 Å². The largest absolute Gasteiger partial charge is 0.380 e. The van der Waals surface area contributed by atoms with Gasteiger partial charge in [0.25, 0.3) is 5.09 Å². The minimum absolute atomic E-state index is 0.0352. The van der Waals surface area contributed by atoms with Crippen LogP contribution in [0.4, 0.5) is 0 Å². The normalized spacial score (nSPS) is 9.79. The number of hydrogen-bond acceptors (Lipinski definition) is 4. The van der Waals surface area contributed by atoms with Crippen molar-refractivity contribution < 1.29 is 14.7 Å². The topological polar surface area (TPSA) is 61.6 Å². The van der Waals surface area contributed by atoms with E-state index in [0.29, 0.717) is 6.61 Å². The summed E-state index contributed by atoms with van der Waals surface area (Å²) in [5.41, 5.74) is 1.67. The maximum absolute atomic E-state index is 9.99. The number of methoxy groups -OCH3 is 1. The summed E-state index contributed by atoms with van der Waals surface area (Å²) in [5, 5.41) is 9.19. The van der Waals surface area contributed by atoms with Crippen molar-refractivity contribution in [2.75, 3.05) is 7.11 Å². The molecule has 0 fully saturated rings. The van der Waals surface area contributed by atoms with E-state index < -0.39 is 5.09 Å². The third-order valence-corrected chi connectivity index (χ3v) is 1.74. The summed E-state index contributed by atoms with van der Waals surface area (Å²) >= 11 is 0. The van der Waals surface area contributed by atoms with E-state index in [1.807, 2.05) is 12.1 Å². The lowest BCUT2D eigenvalue weighted by molar-refractivity contribution is -0.763. The molecule has 0 aliphatic rings. The summed E-state index contributed by atoms with van der Waals surface area (Å²) in [6.07, 6.45) is 0. The Hall–Kier alpha value is -1.62. The summed E-state index contributed by atoms with van der Waals surface area (Å²) in [6, 6.07) is 7.28. The molecule has 1 rings (SSSR count). The van der Waals surface area contributed by atoms with E-state index >= 15 is 0 Å². The highest BCUT2D eigenvalue weighted by Crippen LogP contribution is 2.10. The quantitative estimate of drug-likeness (QED) is 0.530. The zero-order chi connectivity index (χ0) is 10.4. The average molecular weight is 197 g/mol. The molecule has 14 heavy (non-hydrogen) atoms. The van der Waals surface area contributed by atoms with Gasteiger partial charge in [-0.3, -0.25) is 0 Å². The maximum atomic E-state index is 9.99. The highest BCUT2D eigenvalue weighted by molar-refractivity contribution is 5.25. The van der Waals surface area contributed by atoms with Crippen LogP contribution in [0.1, 0.15) is 11.1 Å². The van der Waals surface area contributed by atoms with E-state index in [2.05, 4.69) is 4.84 Å². The Morgan fingerprint density at radius 2 is 1.86 bits per heavy atom. The van der Waals surface area contributed by atoms with E-state index in [1.54, 1.807) is 19.2 Å². The van der Waals surface area contributed by atoms with Crippen molar-refractivity contribution in [1.82, 2.24) is 0 Å². The minimum atomic E-state index is -0.802. The van der Waals surface area contributed by atoms with Crippen molar-refractivity contribution in [3.8, 4) is 0 Å². The zero-order valence-corrected chi connectivity index (χ0v) is 7.80. The molecule has 0 radical (unpaired) electrons. The van der Waals surface area contributed by atoms with Gasteiger partial charge in [-0.1, -0.05) is 24.3 Å². The van der Waals surface area contributed by atoms with Crippen LogP contribution >= 0.6 is 0 Å². The first kappa shape index (κ1) is 10.5. The third kappa shape index (κ3) is 3.02. The molecule has 0 aliphatic heterocycles. The summed E-state index contributed by atoms with van der Waals surface area (Å²) in [5.74, 6) is 0. The molecule has 0 amide bonds. The fourth-order valence-electron chi connectivity index (χ4n) is 1.12. The second kappa shape index (κ2) is 5.18. The van der Waals surface area contributed by atoms with Gasteiger partial charge in [-0.15, -0.1) is 10.1 Å². The fraction of sp³-hybridized carbons (Fsp3) is 0.333. The lowest BCUT2D eigenvalue weighted by Crippen LogP contribution is -2.03. The van der Waals surface area contributed by atoms with Crippen LogP contribution in [0, 0.1) is 10.1 Å². The zero-order valence-electron chi connectivity index (χ0n) is 7.80. The second-order valence-corrected chi connectivity index (χ2v) is 2.70. The van der Waals surface area contributed by atoms with Gasteiger partial charge in [0.2, 0.25) is 0 Å². The first-order chi connectivity index (χ1) is 6.74. The van der Waals surface area contributed by atoms with Gasteiger partial charge in [0.05, 0.1) is 6.61 Å². The van der Waals surface area contributed by atoms with Crippen molar-refractivity contribution >= 4 is 0 Å². The van der Waals surface area contributed by atoms with Crippen molar-refractivity contribution in [2.45, 2.75) is 13.2 Å². The summed E-state index contributed by atoms with van der Waals surface area (Å²) < 4.78 is 4.95. The van der Waals surface area contributed by atoms with Crippen molar-refractivity contribution in [3.63, 3.8) is 0 Å². The Morgan fingerprint density at radius 1 is 1.29 bits per heavy atom. The predicted molar refractivity (Wildman–Crippen MR) is 48.9 cm³/mol. The van der Waals surface area contributed by atoms with Gasteiger partial charge in [0.1, 0.15) is 6.61 Å². The van der Waals surface area contributed by atoms with Gasteiger partial charge in [0, 0.05) is 7.11 Å². The molecule has 0 N–H and O–H groups in total. The molecular formula is C9H11NO4. The summed E-state index contributed by atoms with van der Waals surface area (Å²) in [7, 11) is 1.57. The Bertz CT molecular complexity index is 313. The molecule has 5 nitrogen and oxygen atoms in total. The van der Waals surface area contributed by atoms with Crippen LogP contribution in [-0.4, -0.2) is 12.2 Å². The Morgan fingerprint density at radius 3 is 2.36 bits per heavy atom. The predicted octanol–water partition coefficient (Wildman–Crippen LogP) is 1.54. The van der Waals surface area contributed by atoms with Gasteiger partial charge in [0.15, 0.2) is 0 Å². The summed E-state index contributed by atoms with van der Waals surface area (Å²) in [6.45, 7) is 0.393. The van der Waals surface area contributed by atoms with Gasteiger partial charge in [-0.2, -0.15) is 0 Å². The second-order valence-electron chi connectivity index (χ2n) is 2.70. The van der Waals surface area contributed by atoms with Crippen molar-refractivity contribution in [1.29, 1.82) is 0 Å². The molecule has 0 saturated carbocycles. The van der Waals surface area contributed by atoms with Gasteiger partial charge >= 0.3 is 0 Å². The molecule has 1 aromatic carbocycles. The highest BCUT2D eigenvalue weighted by Gasteiger charge is 2.03. The van der Waals surface area contributed by atoms with Crippen molar-refractivity contribution in [3.05, 3.63) is 45.5 Å². The van der Waals surface area contributed by atoms with E-state index in [4.69, 9.17) is 4.74 Å². The molecule has 0 saturated heterocycles. The molecule has 0 unspecified atom stereocenters. The first-order valence-electron chi connectivity index (χ1n) is 4.07. The smallest absolute Gasteiger partial charge is 0.294 e. The lowest BCUT2D eigenvalue weighted by Gasteiger charge is -2.06. The Balaban J connectivity index is 2.68. The summed E-state index contributed by atoms with van der Waals surface area (Å²) in [4.78, 5) is 14.3. The van der Waals surface area contributed by atoms with Gasteiger partial charge < -0.3 is 9.57 Å². The minimum Gasteiger partial charge on any atom is -0.380 e. The number of rotatable bonds is 5. The highest BCUT2D eigenvalue weighted by atomic mass is 16.9. The molecule has 0 atom stereocenters. The lowest BCUT2D eigenvalue weighted by atomic mass is 10.1. The van der Waals surface area contributed by atoms with Crippen LogP contribution < -0.4 is 0 Å². The molecule has 0 aromatic heterocycles. The van der Waals surface area contributed by atoms with Crippen LogP contribution in [0.25, 0.3) is 0 Å². The molecule has 0 spiro atoms. The molecular weight excluding hydrogens is 186 g/mol. The number of nitrogens with zero attached hydrogens (tertiary/aromatic N) is 1. The van der Waals surface area contributed by atoms with Gasteiger partial charge in [-0.05, 0) is 11.1 Å². The molecule has 0 heterocycles. The van der Waals surface area contributed by atoms with E-state index in [0.717, 1.165) is 11.1 Å². The molecule has 76 valence electrons. The SMILES string of the molecule is COCc1ccccc1CO[N+](=O)[O-]. The van der Waals surface area contributed by atoms with E-state index in [-0.39, 0.29) is 6.61 Å². The van der Waals surface area contributed by atoms with Crippen molar-refractivity contribution in [2.24, 2.45) is 0 Å². The third-order valence-electron chi connectivity index (χ3n) is 1.74. The monoisotopic (exact) mass is 197 g/mol. The number of hydrogen-bond donors (Lipinski definition) is 0. The maximum Gasteiger partial charge on any atom is 0.294 e. The van der Waals surface area contributed by atoms with Gasteiger partial charge in [-0.25, -0.2) is 0 Å². The molecule has 5 heteroatoms. The van der Waals surface area contributed by atoms with E-state index in [9.17, 15) is 10.1 Å². The number of benzene rings is 1. The first-order valence-corrected chi connectivity index (χ1v) is 4.07. The van der Waals surface area contributed by atoms with E-state index in [1.165, 1.54) is 0 Å². The van der Waals surface area contributed by atoms with Crippen LogP contribution in [0.5, 0.6) is 0 Å². The molecule has 1 aromatic rings. The Kier molecular flexibility index (Phi) is 3.87. The molecule has 0 bridgehead atoms. The average Bonchev–Trinajstić information content (AvgIpc) is 2.17. The van der Waals surface area contributed by atoms with Crippen LogP contribution in [0.3, 0.4) is 0 Å². The van der Waals surface area contributed by atoms with Crippen LogP contribution in [-0.2, 0) is 22.8 Å². The fourth-order valence-corrected chi connectivity index (χ4v) is 1.12. The molecule has 0 aliphatic carbocycles. The van der Waals surface area contributed by atoms with Crippen LogP contribution in [0.2, 0.25) is 0 Å². The number of ether oxygens (including phenoxy) is 1. The standard InChI is InChI=1S/C9H11NO4/c1-13-6-8-4-2-3-5-9(8)7-14-10(11)12/h2-5H,6-7H2,1H3. The van der Waals surface area contributed by atoms with Crippen LogP contribution in [0.15, 0.2) is 24.3 Å².